The number of nitrogens with zero attached hydrogens (tertiary/aromatic N) is 2. The topological polar surface area (TPSA) is 94.4 Å². The summed E-state index contributed by atoms with van der Waals surface area (Å²) in [5, 5.41) is 21.9. The molecule has 7 nitrogen and oxygen atoms in total. The van der Waals surface area contributed by atoms with Crippen LogP contribution in [0.15, 0.2) is 4.99 Å². The van der Waals surface area contributed by atoms with Crippen LogP contribution in [0.25, 0.3) is 0 Å². The van der Waals surface area contributed by atoms with Crippen molar-refractivity contribution in [2.75, 3.05) is 27.4 Å². The molecule has 0 unspecified atom stereocenters. The van der Waals surface area contributed by atoms with Crippen LogP contribution >= 0.6 is 0 Å². The second kappa shape index (κ2) is 13.3. The molecule has 8 heteroatoms. The van der Waals surface area contributed by atoms with Crippen molar-refractivity contribution >= 4 is 11.8 Å². The van der Waals surface area contributed by atoms with Crippen molar-refractivity contribution in [1.29, 1.82) is 0 Å². The Hall–Kier alpha value is 0.262. The van der Waals surface area contributed by atoms with Crippen LogP contribution in [0.5, 0.6) is 0 Å². The minimum absolute atomic E-state index is 0. The average molecular weight is 488 g/mol. The van der Waals surface area contributed by atoms with Gasteiger partial charge in [0.1, 0.15) is 18.6 Å². The number of ether oxygens (including phenoxy) is 1. The third-order valence-corrected chi connectivity index (χ3v) is 2.62. The molecule has 1 atom stereocenters. The molecule has 19 heavy (non-hydrogen) atoms. The molecule has 0 heterocycles. The van der Waals surface area contributed by atoms with Gasteiger partial charge in [0, 0.05) is 50.6 Å². The minimum atomic E-state index is -0.340. The van der Waals surface area contributed by atoms with Crippen LogP contribution in [0.1, 0.15) is 26.2 Å². The van der Waals surface area contributed by atoms with E-state index in [2.05, 4.69) is 15.0 Å². The van der Waals surface area contributed by atoms with Gasteiger partial charge in [-0.2, -0.15) is 0 Å². The first kappa shape index (κ1) is 21.6. The minimum Gasteiger partial charge on any atom is -0.468 e. The summed E-state index contributed by atoms with van der Waals surface area (Å²) in [6, 6.07) is -0.311. The van der Waals surface area contributed by atoms with E-state index >= 15 is 0 Å². The van der Waals surface area contributed by atoms with Crippen molar-refractivity contribution < 1.29 is 63.9 Å². The summed E-state index contributed by atoms with van der Waals surface area (Å²) in [7, 11) is 3.06. The molecule has 109 valence electrons. The number of aliphatic imine (C=N–C) groups is 1. The first-order valence-corrected chi connectivity index (χ1v) is 5.90. The number of aliphatic hydroxyl groups excluding tert-OH is 1. The van der Waals surface area contributed by atoms with E-state index in [-0.39, 0.29) is 62.8 Å². The number of aliphatic hydroxyl groups is 1. The number of unbranched alkanes of at least 4 members (excludes halogenated alkanes) is 1. The molecule has 0 bridgehead atoms. The van der Waals surface area contributed by atoms with E-state index in [0.717, 1.165) is 11.5 Å². The van der Waals surface area contributed by atoms with Gasteiger partial charge in [0.2, 0.25) is 0 Å². The van der Waals surface area contributed by atoms with Crippen molar-refractivity contribution in [2.24, 2.45) is 4.99 Å². The number of likely N-dealkylation sites (N-methyl/N-ethyl adjacent to an activating group) is 1. The van der Waals surface area contributed by atoms with Crippen LogP contribution in [-0.2, 0) is 9.53 Å². The van der Waals surface area contributed by atoms with Gasteiger partial charge in [0.25, 0.3) is 0 Å². The van der Waals surface area contributed by atoms with Gasteiger partial charge in [-0.1, -0.05) is 0 Å². The zero-order valence-corrected chi connectivity index (χ0v) is 16.5. The zero-order valence-electron chi connectivity index (χ0n) is 11.8. The predicted octanol–water partition coefficient (Wildman–Crippen LogP) is -0.0229. The van der Waals surface area contributed by atoms with Crippen molar-refractivity contribution in [3.05, 3.63) is 0 Å². The fraction of sp³-hybridized carbons (Fsp3) is 0.818. The van der Waals surface area contributed by atoms with Crippen LogP contribution in [-0.4, -0.2) is 60.7 Å². The van der Waals surface area contributed by atoms with E-state index in [1.165, 1.54) is 7.11 Å². The first-order chi connectivity index (χ1) is 8.56. The van der Waals surface area contributed by atoms with Gasteiger partial charge in [0.15, 0.2) is 0 Å². The Morgan fingerprint density at radius 3 is 2.58 bits per heavy atom. The Morgan fingerprint density at radius 2 is 2.11 bits per heavy atom. The molecule has 0 aromatic heterocycles. The van der Waals surface area contributed by atoms with Crippen LogP contribution in [0.4, 0.5) is 0 Å². The molecule has 0 aromatic carbocycles. The van der Waals surface area contributed by atoms with Gasteiger partial charge in [0.05, 0.1) is 7.11 Å². The van der Waals surface area contributed by atoms with Gasteiger partial charge in [-0.15, -0.1) is 0 Å². The molecule has 0 amide bonds. The third kappa shape index (κ3) is 9.74. The van der Waals surface area contributed by atoms with E-state index in [1.54, 1.807) is 14.0 Å². The van der Waals surface area contributed by atoms with Gasteiger partial charge >= 0.3 is 5.97 Å². The van der Waals surface area contributed by atoms with Gasteiger partial charge in [-0.3, -0.25) is 10.0 Å². The van der Waals surface area contributed by atoms with E-state index < -0.39 is 0 Å². The Bertz CT molecular complexity index is 277. The Labute approximate surface area is 149 Å². The molecular weight excluding hydrogens is 465 g/mol. The molecule has 3 N–H and O–H groups in total. The van der Waals surface area contributed by atoms with Gasteiger partial charge in [-0.05, 0) is 33.2 Å². The summed E-state index contributed by atoms with van der Waals surface area (Å²) in [5.41, 5.74) is 0. The van der Waals surface area contributed by atoms with Crippen LogP contribution in [0.3, 0.4) is 0 Å². The Morgan fingerprint density at radius 1 is 1.47 bits per heavy atom. The van der Waals surface area contributed by atoms with Crippen molar-refractivity contribution in [2.45, 2.75) is 32.2 Å². The summed E-state index contributed by atoms with van der Waals surface area (Å²) in [5.74, 6) is 0.0898. The van der Waals surface area contributed by atoms with Crippen molar-refractivity contribution in [1.82, 2.24) is 10.4 Å². The smallest absolute Gasteiger partial charge is 0.322 e. The number of amidine groups is 1. The molecule has 0 aliphatic carbocycles. The van der Waals surface area contributed by atoms with Crippen molar-refractivity contribution in [3.8, 4) is 0 Å². The number of esters is 1. The standard InChI is InChI=1S/C11H23N3O4.Ac/c1-9(13-8-15)14(17)7-5-4-6-10(12-2)11(16)18-3;/h10,12,15,17H,4-8H2,1-3H3;/b13-9+;/t10-;/m0./s1. The summed E-state index contributed by atoms with van der Waals surface area (Å²) in [4.78, 5) is 14.9. The first-order valence-electron chi connectivity index (χ1n) is 5.90. The van der Waals surface area contributed by atoms with E-state index in [1.807, 2.05) is 0 Å². The maximum Gasteiger partial charge on any atom is 0.322 e. The third-order valence-electron chi connectivity index (χ3n) is 2.62. The van der Waals surface area contributed by atoms with Crippen LogP contribution in [0.2, 0.25) is 0 Å². The van der Waals surface area contributed by atoms with Gasteiger partial charge in [-0.25, -0.2) is 10.1 Å². The van der Waals surface area contributed by atoms with E-state index in [9.17, 15) is 10.0 Å². The molecule has 0 aliphatic heterocycles. The quantitative estimate of drug-likeness (QED) is 0.146. The fourth-order valence-electron chi connectivity index (χ4n) is 1.48. The Balaban J connectivity index is 0. The van der Waals surface area contributed by atoms with Gasteiger partial charge < -0.3 is 15.2 Å². The fourth-order valence-corrected chi connectivity index (χ4v) is 1.48. The maximum atomic E-state index is 11.3. The predicted molar refractivity (Wildman–Crippen MR) is 67.4 cm³/mol. The normalized spacial score (nSPS) is 12.6. The SMILES string of the molecule is CN[C@@H](CCCCN(O)/C(C)=N/CO)C(=O)OC.[Ac]. The monoisotopic (exact) mass is 488 g/mol. The van der Waals surface area contributed by atoms with Crippen LogP contribution < -0.4 is 5.32 Å². The molecular formula is C11H23AcN3O4. The summed E-state index contributed by atoms with van der Waals surface area (Å²) in [6.45, 7) is 1.68. The summed E-state index contributed by atoms with van der Waals surface area (Å²) >= 11 is 0. The average Bonchev–Trinajstić information content (AvgIpc) is 2.38. The summed E-state index contributed by atoms with van der Waals surface area (Å²) < 4.78 is 4.64. The number of hydroxylamine groups is 2. The zero-order chi connectivity index (χ0) is 14.0. The number of methoxy groups -OCH3 is 1. The number of rotatable bonds is 8. The molecule has 0 spiro atoms. The molecule has 0 rings (SSSR count). The molecule has 0 aliphatic rings. The number of nitrogens with one attached hydrogen (secondary N) is 1. The van der Waals surface area contributed by atoms with E-state index in [0.29, 0.717) is 25.2 Å². The number of hydrogen-bond acceptors (Lipinski definition) is 6. The second-order valence-electron chi connectivity index (χ2n) is 3.83. The molecule has 0 saturated carbocycles. The number of carbonyl (C=O) groups is 1. The molecule has 0 fully saturated rings. The number of carbonyl (C=O) groups excluding carboxylic acids is 1. The molecule has 0 saturated heterocycles. The summed E-state index contributed by atoms with van der Waals surface area (Å²) in [6.07, 6.45) is 2.13. The second-order valence-corrected chi connectivity index (χ2v) is 3.83. The maximum absolute atomic E-state index is 11.3. The van der Waals surface area contributed by atoms with Crippen LogP contribution in [0, 0.1) is 44.1 Å². The largest absolute Gasteiger partial charge is 0.468 e. The van der Waals surface area contributed by atoms with Crippen molar-refractivity contribution in [3.63, 3.8) is 0 Å². The molecule has 0 aromatic rings. The Kier molecular flexibility index (Phi) is 15.0. The van der Waals surface area contributed by atoms with E-state index in [4.69, 9.17) is 5.11 Å². The molecule has 1 radical (unpaired) electrons. The number of hydrogen-bond donors (Lipinski definition) is 3.